The summed E-state index contributed by atoms with van der Waals surface area (Å²) in [7, 11) is 0. The van der Waals surface area contributed by atoms with Crippen LogP contribution >= 0.6 is 0 Å². The van der Waals surface area contributed by atoms with Gasteiger partial charge in [0.2, 0.25) is 0 Å². The largest absolute Gasteiger partial charge is 0.296 e. The molecule has 1 aliphatic heterocycles. The van der Waals surface area contributed by atoms with Crippen LogP contribution in [0.4, 0.5) is 0 Å². The summed E-state index contributed by atoms with van der Waals surface area (Å²) in [5.41, 5.74) is 4.46. The van der Waals surface area contributed by atoms with Gasteiger partial charge in [0.05, 0.1) is 0 Å². The minimum Gasteiger partial charge on any atom is -0.296 e. The van der Waals surface area contributed by atoms with Crippen molar-refractivity contribution in [1.82, 2.24) is 10.3 Å². The number of nitrogens with one attached hydrogen (secondary N) is 1. The highest BCUT2D eigenvalue weighted by molar-refractivity contribution is 5.05. The summed E-state index contributed by atoms with van der Waals surface area (Å²) in [6.07, 6.45) is 5.91. The third kappa shape index (κ3) is 3.09. The van der Waals surface area contributed by atoms with Crippen LogP contribution in [0, 0.1) is 0 Å². The molecule has 3 nitrogen and oxygen atoms in total. The van der Waals surface area contributed by atoms with Gasteiger partial charge in [0.1, 0.15) is 0 Å². The first-order valence-corrected chi connectivity index (χ1v) is 6.96. The first-order chi connectivity index (χ1) is 8.10. The van der Waals surface area contributed by atoms with Crippen LogP contribution in [0.2, 0.25) is 0 Å². The van der Waals surface area contributed by atoms with E-state index in [-0.39, 0.29) is 5.54 Å². The Kier molecular flexibility index (Phi) is 5.63. The zero-order chi connectivity index (χ0) is 12.9. The minimum atomic E-state index is 0.199. The maximum absolute atomic E-state index is 5.81. The van der Waals surface area contributed by atoms with Crippen molar-refractivity contribution in [3.05, 3.63) is 12.2 Å². The number of likely N-dealkylation sites (tertiary alicyclic amines) is 1. The molecule has 1 aliphatic rings. The number of nitrogens with two attached hydrogens (primary N) is 1. The van der Waals surface area contributed by atoms with Gasteiger partial charge in [-0.3, -0.25) is 16.2 Å². The maximum atomic E-state index is 5.81. The predicted molar refractivity (Wildman–Crippen MR) is 74.7 cm³/mol. The SMILES string of the molecule is C=C(C)CC(NN)C(CC)(CC)N1CCCC1. The lowest BCUT2D eigenvalue weighted by Gasteiger charge is -2.46. The third-order valence-corrected chi connectivity index (χ3v) is 4.36. The Morgan fingerprint density at radius 3 is 2.24 bits per heavy atom. The van der Waals surface area contributed by atoms with Gasteiger partial charge in [-0.15, -0.1) is 6.58 Å². The van der Waals surface area contributed by atoms with E-state index in [1.165, 1.54) is 31.5 Å². The number of hydrazine groups is 1. The van der Waals surface area contributed by atoms with E-state index in [9.17, 15) is 0 Å². The molecule has 1 rings (SSSR count). The van der Waals surface area contributed by atoms with E-state index < -0.39 is 0 Å². The average Bonchev–Trinajstić information content (AvgIpc) is 2.83. The van der Waals surface area contributed by atoms with Crippen LogP contribution < -0.4 is 11.3 Å². The van der Waals surface area contributed by atoms with Gasteiger partial charge in [-0.2, -0.15) is 0 Å². The van der Waals surface area contributed by atoms with Crippen molar-refractivity contribution in [1.29, 1.82) is 0 Å². The molecule has 1 heterocycles. The van der Waals surface area contributed by atoms with Crippen molar-refractivity contribution >= 4 is 0 Å². The van der Waals surface area contributed by atoms with Crippen LogP contribution in [-0.2, 0) is 0 Å². The van der Waals surface area contributed by atoms with E-state index in [2.05, 4.69) is 37.7 Å². The van der Waals surface area contributed by atoms with Crippen LogP contribution in [0.25, 0.3) is 0 Å². The van der Waals surface area contributed by atoms with Crippen LogP contribution in [-0.4, -0.2) is 29.6 Å². The molecule has 0 aromatic heterocycles. The Labute approximate surface area is 106 Å². The summed E-state index contributed by atoms with van der Waals surface area (Å²) in [6.45, 7) is 13.1. The molecule has 0 radical (unpaired) electrons. The standard InChI is InChI=1S/C14H29N3/c1-5-14(6-2,17-9-7-8-10-17)13(16-15)11-12(3)4/h13,16H,3,5-11,15H2,1-2,4H3. The molecular formula is C14H29N3. The molecule has 0 saturated carbocycles. The lowest BCUT2D eigenvalue weighted by atomic mass is 9.80. The maximum Gasteiger partial charge on any atom is 0.0431 e. The lowest BCUT2D eigenvalue weighted by molar-refractivity contribution is 0.0621. The number of hydrogen-bond donors (Lipinski definition) is 2. The fraction of sp³-hybridized carbons (Fsp3) is 0.857. The zero-order valence-corrected chi connectivity index (χ0v) is 11.8. The van der Waals surface area contributed by atoms with E-state index in [0.29, 0.717) is 6.04 Å². The van der Waals surface area contributed by atoms with Crippen LogP contribution in [0.15, 0.2) is 12.2 Å². The highest BCUT2D eigenvalue weighted by Crippen LogP contribution is 2.33. The molecule has 3 N–H and O–H groups in total. The molecule has 3 heteroatoms. The molecule has 0 spiro atoms. The van der Waals surface area contributed by atoms with Crippen molar-refractivity contribution in [2.24, 2.45) is 5.84 Å². The van der Waals surface area contributed by atoms with Crippen molar-refractivity contribution < 1.29 is 0 Å². The van der Waals surface area contributed by atoms with Crippen molar-refractivity contribution in [3.8, 4) is 0 Å². The molecule has 0 aliphatic carbocycles. The fourth-order valence-corrected chi connectivity index (χ4v) is 3.33. The molecule has 1 unspecified atom stereocenters. The summed E-state index contributed by atoms with van der Waals surface area (Å²) in [4.78, 5) is 2.64. The van der Waals surface area contributed by atoms with E-state index in [1.807, 2.05) is 0 Å². The summed E-state index contributed by atoms with van der Waals surface area (Å²) in [5.74, 6) is 5.81. The summed E-state index contributed by atoms with van der Waals surface area (Å²) < 4.78 is 0. The Bertz CT molecular complexity index is 240. The first-order valence-electron chi connectivity index (χ1n) is 6.96. The Hall–Kier alpha value is -0.380. The van der Waals surface area contributed by atoms with E-state index in [1.54, 1.807) is 0 Å². The van der Waals surface area contributed by atoms with Crippen molar-refractivity contribution in [3.63, 3.8) is 0 Å². The van der Waals surface area contributed by atoms with E-state index >= 15 is 0 Å². The number of hydrogen-bond acceptors (Lipinski definition) is 3. The Morgan fingerprint density at radius 1 is 1.35 bits per heavy atom. The van der Waals surface area contributed by atoms with Crippen LogP contribution in [0.1, 0.15) is 52.9 Å². The quantitative estimate of drug-likeness (QED) is 0.407. The first kappa shape index (κ1) is 14.7. The monoisotopic (exact) mass is 239 g/mol. The topological polar surface area (TPSA) is 41.3 Å². The fourth-order valence-electron chi connectivity index (χ4n) is 3.33. The molecule has 100 valence electrons. The highest BCUT2D eigenvalue weighted by Gasteiger charge is 2.41. The van der Waals surface area contributed by atoms with E-state index in [4.69, 9.17) is 5.84 Å². The Morgan fingerprint density at radius 2 is 1.88 bits per heavy atom. The van der Waals surface area contributed by atoms with E-state index in [0.717, 1.165) is 19.3 Å². The van der Waals surface area contributed by atoms with Gasteiger partial charge >= 0.3 is 0 Å². The van der Waals surface area contributed by atoms with Crippen molar-refractivity contribution in [2.75, 3.05) is 13.1 Å². The molecule has 17 heavy (non-hydrogen) atoms. The molecule has 0 aromatic rings. The van der Waals surface area contributed by atoms with Gasteiger partial charge in [0, 0.05) is 11.6 Å². The second-order valence-electron chi connectivity index (χ2n) is 5.39. The molecule has 0 aromatic carbocycles. The molecule has 0 amide bonds. The predicted octanol–water partition coefficient (Wildman–Crippen LogP) is 2.44. The second-order valence-corrected chi connectivity index (χ2v) is 5.39. The average molecular weight is 239 g/mol. The van der Waals surface area contributed by atoms with Crippen LogP contribution in [0.5, 0.6) is 0 Å². The number of rotatable bonds is 7. The molecule has 1 atom stereocenters. The zero-order valence-electron chi connectivity index (χ0n) is 11.8. The molecule has 1 saturated heterocycles. The van der Waals surface area contributed by atoms with Crippen molar-refractivity contribution in [2.45, 2.75) is 64.5 Å². The summed E-state index contributed by atoms with van der Waals surface area (Å²) >= 11 is 0. The molecular weight excluding hydrogens is 210 g/mol. The normalized spacial score (nSPS) is 19.5. The summed E-state index contributed by atoms with van der Waals surface area (Å²) in [5, 5.41) is 0. The Balaban J connectivity index is 2.89. The van der Waals surface area contributed by atoms with Gasteiger partial charge in [0.25, 0.3) is 0 Å². The van der Waals surface area contributed by atoms with Crippen LogP contribution in [0.3, 0.4) is 0 Å². The van der Waals surface area contributed by atoms with Gasteiger partial charge in [-0.05, 0) is 52.1 Å². The minimum absolute atomic E-state index is 0.199. The third-order valence-electron chi connectivity index (χ3n) is 4.36. The smallest absolute Gasteiger partial charge is 0.0431 e. The lowest BCUT2D eigenvalue weighted by Crippen LogP contribution is -2.61. The van der Waals surface area contributed by atoms with Gasteiger partial charge < -0.3 is 0 Å². The molecule has 1 fully saturated rings. The highest BCUT2D eigenvalue weighted by atomic mass is 15.3. The van der Waals surface area contributed by atoms with Gasteiger partial charge in [0.15, 0.2) is 0 Å². The van der Waals surface area contributed by atoms with Gasteiger partial charge in [-0.25, -0.2) is 0 Å². The van der Waals surface area contributed by atoms with Gasteiger partial charge in [-0.1, -0.05) is 19.4 Å². The second kappa shape index (κ2) is 6.53. The number of nitrogens with zero attached hydrogens (tertiary/aromatic N) is 1. The molecule has 0 bridgehead atoms. The summed E-state index contributed by atoms with van der Waals surface area (Å²) in [6, 6.07) is 0.313.